The van der Waals surface area contributed by atoms with E-state index in [0.29, 0.717) is 6.42 Å². The zero-order valence-electron chi connectivity index (χ0n) is 14.6. The summed E-state index contributed by atoms with van der Waals surface area (Å²) in [6.07, 6.45) is 18.4. The van der Waals surface area contributed by atoms with E-state index >= 15 is 0 Å². The highest BCUT2D eigenvalue weighted by atomic mass is 16.3. The number of rotatable bonds is 15. The predicted octanol–water partition coefficient (Wildman–Crippen LogP) is 4.72. The van der Waals surface area contributed by atoms with Crippen molar-refractivity contribution in [1.82, 2.24) is 5.32 Å². The molecule has 1 aliphatic rings. The average molecular weight is 312 g/mol. The zero-order valence-corrected chi connectivity index (χ0v) is 14.6. The number of aliphatic hydroxyl groups is 1. The SMILES string of the molecule is CCCCCCCCCCCCCCCC(=O)N[C@H]1C[C@H]1O. The summed E-state index contributed by atoms with van der Waals surface area (Å²) in [6.45, 7) is 2.27. The Hall–Kier alpha value is -0.570. The van der Waals surface area contributed by atoms with Crippen LogP contribution in [0.25, 0.3) is 0 Å². The van der Waals surface area contributed by atoms with Crippen molar-refractivity contribution in [2.75, 3.05) is 0 Å². The lowest BCUT2D eigenvalue weighted by molar-refractivity contribution is -0.121. The van der Waals surface area contributed by atoms with E-state index in [9.17, 15) is 4.79 Å². The van der Waals surface area contributed by atoms with Crippen LogP contribution in [0.1, 0.15) is 103 Å². The molecular formula is C19H37NO2. The van der Waals surface area contributed by atoms with Crippen LogP contribution in [0.15, 0.2) is 0 Å². The van der Waals surface area contributed by atoms with E-state index in [0.717, 1.165) is 19.3 Å². The molecule has 130 valence electrons. The van der Waals surface area contributed by atoms with Gasteiger partial charge >= 0.3 is 0 Å². The molecule has 2 atom stereocenters. The summed E-state index contributed by atoms with van der Waals surface area (Å²) in [5, 5.41) is 12.0. The van der Waals surface area contributed by atoms with Gasteiger partial charge in [0.05, 0.1) is 12.1 Å². The third-order valence-electron chi connectivity index (χ3n) is 4.61. The lowest BCUT2D eigenvalue weighted by Gasteiger charge is -2.04. The molecule has 0 heterocycles. The summed E-state index contributed by atoms with van der Waals surface area (Å²) in [4.78, 5) is 11.5. The minimum absolute atomic E-state index is 0.0504. The molecule has 1 saturated carbocycles. The molecule has 1 amide bonds. The number of hydrogen-bond donors (Lipinski definition) is 2. The third kappa shape index (κ3) is 11.1. The monoisotopic (exact) mass is 311 g/mol. The highest BCUT2D eigenvalue weighted by Crippen LogP contribution is 2.20. The number of unbranched alkanes of at least 4 members (excludes halogenated alkanes) is 12. The van der Waals surface area contributed by atoms with Gasteiger partial charge in [-0.15, -0.1) is 0 Å². The topological polar surface area (TPSA) is 49.3 Å². The van der Waals surface area contributed by atoms with Gasteiger partial charge < -0.3 is 10.4 Å². The largest absolute Gasteiger partial charge is 0.391 e. The molecule has 3 heteroatoms. The van der Waals surface area contributed by atoms with Gasteiger partial charge in [0.15, 0.2) is 0 Å². The summed E-state index contributed by atoms with van der Waals surface area (Å²) in [6, 6.07) is 0.0504. The van der Waals surface area contributed by atoms with Gasteiger partial charge in [0.2, 0.25) is 5.91 Å². The molecule has 0 aromatic carbocycles. The number of amides is 1. The molecular weight excluding hydrogens is 274 g/mol. The standard InChI is InChI=1S/C19H37NO2/c1-2-3-4-5-6-7-8-9-10-11-12-13-14-15-19(22)20-17-16-18(17)21/h17-18,21H,2-16H2,1H3,(H,20,22)/t17-,18+/m0/s1. The van der Waals surface area contributed by atoms with Gasteiger partial charge in [0, 0.05) is 6.42 Å². The van der Waals surface area contributed by atoms with Crippen molar-refractivity contribution in [2.24, 2.45) is 0 Å². The Morgan fingerprint density at radius 1 is 0.864 bits per heavy atom. The van der Waals surface area contributed by atoms with Crippen molar-refractivity contribution in [3.63, 3.8) is 0 Å². The van der Waals surface area contributed by atoms with Crippen LogP contribution in [0, 0.1) is 0 Å². The minimum Gasteiger partial charge on any atom is -0.391 e. The molecule has 0 aliphatic heterocycles. The highest BCUT2D eigenvalue weighted by Gasteiger charge is 2.36. The molecule has 1 rings (SSSR count). The third-order valence-corrected chi connectivity index (χ3v) is 4.61. The van der Waals surface area contributed by atoms with E-state index in [1.807, 2.05) is 0 Å². The summed E-state index contributed by atoms with van der Waals surface area (Å²) in [5.41, 5.74) is 0. The number of hydrogen-bond acceptors (Lipinski definition) is 2. The number of carbonyl (C=O) groups is 1. The fraction of sp³-hybridized carbons (Fsp3) is 0.947. The van der Waals surface area contributed by atoms with Gasteiger partial charge in [-0.2, -0.15) is 0 Å². The van der Waals surface area contributed by atoms with Crippen LogP contribution in [-0.2, 0) is 4.79 Å². The van der Waals surface area contributed by atoms with Crippen LogP contribution in [0.2, 0.25) is 0 Å². The van der Waals surface area contributed by atoms with Crippen molar-refractivity contribution >= 4 is 5.91 Å². The smallest absolute Gasteiger partial charge is 0.220 e. The van der Waals surface area contributed by atoms with Crippen LogP contribution in [0.3, 0.4) is 0 Å². The Bertz CT molecular complexity index is 281. The van der Waals surface area contributed by atoms with Gasteiger partial charge in [0.1, 0.15) is 0 Å². The Morgan fingerprint density at radius 3 is 1.68 bits per heavy atom. The fourth-order valence-electron chi connectivity index (χ4n) is 2.92. The molecule has 0 unspecified atom stereocenters. The molecule has 0 radical (unpaired) electrons. The van der Waals surface area contributed by atoms with E-state index in [2.05, 4.69) is 12.2 Å². The first-order valence-corrected chi connectivity index (χ1v) is 9.71. The maximum atomic E-state index is 11.5. The number of carbonyl (C=O) groups excluding carboxylic acids is 1. The molecule has 22 heavy (non-hydrogen) atoms. The average Bonchev–Trinajstić information content (AvgIpc) is 3.19. The molecule has 1 aliphatic carbocycles. The Balaban J connectivity index is 1.70. The Morgan fingerprint density at radius 2 is 1.27 bits per heavy atom. The van der Waals surface area contributed by atoms with Crippen LogP contribution < -0.4 is 5.32 Å². The first-order valence-electron chi connectivity index (χ1n) is 9.71. The first kappa shape index (κ1) is 19.5. The molecule has 0 spiro atoms. The normalized spacial score (nSPS) is 20.1. The molecule has 0 aromatic rings. The second-order valence-corrected chi connectivity index (χ2v) is 6.97. The van der Waals surface area contributed by atoms with E-state index < -0.39 is 0 Å². The molecule has 3 nitrogen and oxygen atoms in total. The van der Waals surface area contributed by atoms with Crippen LogP contribution in [0.5, 0.6) is 0 Å². The number of nitrogens with one attached hydrogen (secondary N) is 1. The molecule has 1 fully saturated rings. The molecule has 2 N–H and O–H groups in total. The van der Waals surface area contributed by atoms with Gasteiger partial charge in [-0.1, -0.05) is 84.0 Å². The van der Waals surface area contributed by atoms with Crippen LogP contribution >= 0.6 is 0 Å². The van der Waals surface area contributed by atoms with Crippen molar-refractivity contribution in [3.05, 3.63) is 0 Å². The minimum atomic E-state index is -0.282. The van der Waals surface area contributed by atoms with Gasteiger partial charge in [-0.25, -0.2) is 0 Å². The van der Waals surface area contributed by atoms with E-state index in [-0.39, 0.29) is 18.1 Å². The van der Waals surface area contributed by atoms with E-state index in [1.54, 1.807) is 0 Å². The van der Waals surface area contributed by atoms with Crippen molar-refractivity contribution in [3.8, 4) is 0 Å². The lowest BCUT2D eigenvalue weighted by atomic mass is 10.0. The summed E-state index contributed by atoms with van der Waals surface area (Å²) in [7, 11) is 0. The van der Waals surface area contributed by atoms with Gasteiger partial charge in [-0.3, -0.25) is 4.79 Å². The highest BCUT2D eigenvalue weighted by molar-refractivity contribution is 5.76. The Labute approximate surface area is 137 Å². The number of aliphatic hydroxyl groups excluding tert-OH is 1. The second-order valence-electron chi connectivity index (χ2n) is 6.97. The lowest BCUT2D eigenvalue weighted by Crippen LogP contribution is -2.27. The van der Waals surface area contributed by atoms with E-state index in [1.165, 1.54) is 70.6 Å². The quantitative estimate of drug-likeness (QED) is 0.430. The second kappa shape index (κ2) is 12.9. The molecule has 0 saturated heterocycles. The summed E-state index contributed by atoms with van der Waals surface area (Å²) < 4.78 is 0. The van der Waals surface area contributed by atoms with Crippen molar-refractivity contribution in [2.45, 2.75) is 115 Å². The first-order chi connectivity index (χ1) is 10.7. The Kier molecular flexibility index (Phi) is 11.4. The molecule has 0 bridgehead atoms. The zero-order chi connectivity index (χ0) is 16.0. The maximum Gasteiger partial charge on any atom is 0.220 e. The fourth-order valence-corrected chi connectivity index (χ4v) is 2.92. The van der Waals surface area contributed by atoms with Crippen molar-refractivity contribution < 1.29 is 9.90 Å². The van der Waals surface area contributed by atoms with E-state index in [4.69, 9.17) is 5.11 Å². The summed E-state index contributed by atoms with van der Waals surface area (Å²) in [5.74, 6) is 0.115. The van der Waals surface area contributed by atoms with Gasteiger partial charge in [-0.05, 0) is 12.8 Å². The maximum absolute atomic E-state index is 11.5. The van der Waals surface area contributed by atoms with Crippen molar-refractivity contribution in [1.29, 1.82) is 0 Å². The van der Waals surface area contributed by atoms with Crippen LogP contribution in [0.4, 0.5) is 0 Å². The molecule has 0 aromatic heterocycles. The van der Waals surface area contributed by atoms with Crippen LogP contribution in [-0.4, -0.2) is 23.2 Å². The predicted molar refractivity (Wildman–Crippen MR) is 92.9 cm³/mol. The van der Waals surface area contributed by atoms with Gasteiger partial charge in [0.25, 0.3) is 0 Å². The summed E-state index contributed by atoms with van der Waals surface area (Å²) >= 11 is 0.